The third-order valence-corrected chi connectivity index (χ3v) is 3.30. The van der Waals surface area contributed by atoms with Crippen LogP contribution in [0.4, 0.5) is 5.69 Å². The summed E-state index contributed by atoms with van der Waals surface area (Å²) in [6.45, 7) is 5.58. The number of anilines is 1. The number of aryl methyl sites for hydroxylation is 1. The lowest BCUT2D eigenvalue weighted by molar-refractivity contribution is 0.575. The summed E-state index contributed by atoms with van der Waals surface area (Å²) < 4.78 is 0. The van der Waals surface area contributed by atoms with E-state index < -0.39 is 0 Å². The second kappa shape index (κ2) is 5.35. The number of benzene rings is 1. The summed E-state index contributed by atoms with van der Waals surface area (Å²) in [4.78, 5) is 2.54. The first kappa shape index (κ1) is 11.5. The highest BCUT2D eigenvalue weighted by molar-refractivity contribution is 5.55. The van der Waals surface area contributed by atoms with Gasteiger partial charge in [-0.15, -0.1) is 0 Å². The fraction of sp³-hybridized carbons (Fsp3) is 0.571. The molecule has 1 fully saturated rings. The molecule has 0 radical (unpaired) electrons. The van der Waals surface area contributed by atoms with Crippen molar-refractivity contribution in [1.29, 1.82) is 0 Å². The van der Waals surface area contributed by atoms with E-state index in [2.05, 4.69) is 35.3 Å². The van der Waals surface area contributed by atoms with Gasteiger partial charge < -0.3 is 10.2 Å². The third-order valence-electron chi connectivity index (χ3n) is 3.30. The minimum atomic E-state index is 0.966. The number of nitrogens with one attached hydrogen (secondary N) is 1. The maximum atomic E-state index is 3.26. The molecule has 2 heteroatoms. The van der Waals surface area contributed by atoms with Gasteiger partial charge in [0, 0.05) is 25.3 Å². The molecule has 1 aromatic rings. The molecule has 0 aromatic heterocycles. The second-order valence-electron chi connectivity index (χ2n) is 4.71. The summed E-state index contributed by atoms with van der Waals surface area (Å²) in [5.74, 6) is 0. The van der Waals surface area contributed by atoms with E-state index in [0.717, 1.165) is 6.54 Å². The average molecular weight is 218 g/mol. The lowest BCUT2D eigenvalue weighted by atomic mass is 10.0. The Hall–Kier alpha value is -1.02. The van der Waals surface area contributed by atoms with Crippen molar-refractivity contribution in [2.24, 2.45) is 0 Å². The van der Waals surface area contributed by atoms with Gasteiger partial charge in [0.1, 0.15) is 0 Å². The fourth-order valence-electron chi connectivity index (χ4n) is 2.49. The summed E-state index contributed by atoms with van der Waals surface area (Å²) in [5, 5.41) is 3.26. The second-order valence-corrected chi connectivity index (χ2v) is 4.71. The van der Waals surface area contributed by atoms with Crippen LogP contribution in [0.5, 0.6) is 0 Å². The molecule has 0 amide bonds. The Morgan fingerprint density at radius 1 is 1.19 bits per heavy atom. The molecule has 0 saturated carbocycles. The zero-order valence-corrected chi connectivity index (χ0v) is 10.4. The minimum Gasteiger partial charge on any atom is -0.371 e. The van der Waals surface area contributed by atoms with Gasteiger partial charge in [-0.2, -0.15) is 0 Å². The van der Waals surface area contributed by atoms with Crippen molar-refractivity contribution in [3.8, 4) is 0 Å². The Morgan fingerprint density at radius 2 is 1.94 bits per heavy atom. The van der Waals surface area contributed by atoms with Crippen LogP contribution in [0.2, 0.25) is 0 Å². The zero-order valence-electron chi connectivity index (χ0n) is 10.4. The Morgan fingerprint density at radius 3 is 2.62 bits per heavy atom. The number of piperidine rings is 1. The van der Waals surface area contributed by atoms with E-state index in [1.165, 1.54) is 49.2 Å². The zero-order chi connectivity index (χ0) is 11.4. The van der Waals surface area contributed by atoms with Gasteiger partial charge in [-0.1, -0.05) is 17.7 Å². The molecule has 0 spiro atoms. The van der Waals surface area contributed by atoms with Crippen molar-refractivity contribution in [1.82, 2.24) is 5.32 Å². The molecule has 1 aliphatic rings. The molecule has 1 heterocycles. The first-order valence-electron chi connectivity index (χ1n) is 6.30. The van der Waals surface area contributed by atoms with Crippen LogP contribution in [0.15, 0.2) is 18.2 Å². The predicted octanol–water partition coefficient (Wildman–Crippen LogP) is 2.70. The maximum absolute atomic E-state index is 3.26. The molecule has 2 rings (SSSR count). The van der Waals surface area contributed by atoms with Gasteiger partial charge in [-0.05, 0) is 44.9 Å². The van der Waals surface area contributed by atoms with Crippen LogP contribution < -0.4 is 10.2 Å². The summed E-state index contributed by atoms with van der Waals surface area (Å²) in [6, 6.07) is 6.82. The number of hydrogen-bond donors (Lipinski definition) is 1. The molecular formula is C14H22N2. The van der Waals surface area contributed by atoms with Crippen LogP contribution >= 0.6 is 0 Å². The van der Waals surface area contributed by atoms with Crippen molar-refractivity contribution in [3.05, 3.63) is 29.3 Å². The fourth-order valence-corrected chi connectivity index (χ4v) is 2.49. The first-order valence-corrected chi connectivity index (χ1v) is 6.30. The quantitative estimate of drug-likeness (QED) is 0.839. The van der Waals surface area contributed by atoms with Gasteiger partial charge in [0.05, 0.1) is 0 Å². The highest BCUT2D eigenvalue weighted by Crippen LogP contribution is 2.25. The summed E-state index contributed by atoms with van der Waals surface area (Å²) in [7, 11) is 2.02. The number of rotatable bonds is 3. The van der Waals surface area contributed by atoms with Crippen LogP contribution in [0.3, 0.4) is 0 Å². The van der Waals surface area contributed by atoms with Crippen molar-refractivity contribution in [2.75, 3.05) is 25.0 Å². The van der Waals surface area contributed by atoms with Crippen molar-refractivity contribution in [2.45, 2.75) is 32.7 Å². The van der Waals surface area contributed by atoms with Crippen molar-refractivity contribution < 1.29 is 0 Å². The summed E-state index contributed by atoms with van der Waals surface area (Å²) in [6.07, 6.45) is 4.07. The van der Waals surface area contributed by atoms with Gasteiger partial charge in [0.25, 0.3) is 0 Å². The SMILES string of the molecule is CNCc1cc(C)ccc1N1CCCCC1. The van der Waals surface area contributed by atoms with Gasteiger partial charge in [0.2, 0.25) is 0 Å². The molecule has 2 nitrogen and oxygen atoms in total. The largest absolute Gasteiger partial charge is 0.371 e. The standard InChI is InChI=1S/C14H22N2/c1-12-6-7-14(13(10-12)11-15-2)16-8-4-3-5-9-16/h6-7,10,15H,3-5,8-9,11H2,1-2H3. The molecule has 1 N–H and O–H groups in total. The van der Waals surface area contributed by atoms with Crippen LogP contribution in [-0.4, -0.2) is 20.1 Å². The van der Waals surface area contributed by atoms with Crippen molar-refractivity contribution in [3.63, 3.8) is 0 Å². The molecule has 0 aliphatic carbocycles. The van der Waals surface area contributed by atoms with E-state index in [1.54, 1.807) is 0 Å². The molecule has 0 atom stereocenters. The molecule has 1 aliphatic heterocycles. The number of nitrogens with zero attached hydrogens (tertiary/aromatic N) is 1. The predicted molar refractivity (Wildman–Crippen MR) is 70.0 cm³/mol. The first-order chi connectivity index (χ1) is 7.81. The van der Waals surface area contributed by atoms with Crippen LogP contribution in [0.25, 0.3) is 0 Å². The molecule has 0 bridgehead atoms. The van der Waals surface area contributed by atoms with Crippen LogP contribution in [0.1, 0.15) is 30.4 Å². The van der Waals surface area contributed by atoms with E-state index >= 15 is 0 Å². The molecule has 0 unspecified atom stereocenters. The van der Waals surface area contributed by atoms with E-state index in [-0.39, 0.29) is 0 Å². The highest BCUT2D eigenvalue weighted by atomic mass is 15.1. The van der Waals surface area contributed by atoms with Crippen LogP contribution in [-0.2, 0) is 6.54 Å². The summed E-state index contributed by atoms with van der Waals surface area (Å²) in [5.41, 5.74) is 4.22. The highest BCUT2D eigenvalue weighted by Gasteiger charge is 2.13. The Labute approximate surface area is 98.7 Å². The smallest absolute Gasteiger partial charge is 0.0412 e. The van der Waals surface area contributed by atoms with Crippen molar-refractivity contribution >= 4 is 5.69 Å². The minimum absolute atomic E-state index is 0.966. The van der Waals surface area contributed by atoms with Gasteiger partial charge in [-0.25, -0.2) is 0 Å². The molecule has 1 aromatic carbocycles. The Kier molecular flexibility index (Phi) is 3.83. The monoisotopic (exact) mass is 218 g/mol. The third kappa shape index (κ3) is 2.56. The molecular weight excluding hydrogens is 196 g/mol. The number of hydrogen-bond acceptors (Lipinski definition) is 2. The van der Waals surface area contributed by atoms with E-state index in [4.69, 9.17) is 0 Å². The Bertz CT molecular complexity index is 341. The van der Waals surface area contributed by atoms with Crippen LogP contribution in [0, 0.1) is 6.92 Å². The summed E-state index contributed by atoms with van der Waals surface area (Å²) >= 11 is 0. The molecule has 16 heavy (non-hydrogen) atoms. The molecule has 88 valence electrons. The topological polar surface area (TPSA) is 15.3 Å². The maximum Gasteiger partial charge on any atom is 0.0412 e. The Balaban J connectivity index is 2.23. The lowest BCUT2D eigenvalue weighted by Crippen LogP contribution is -2.30. The normalized spacial score (nSPS) is 16.5. The van der Waals surface area contributed by atoms with E-state index in [9.17, 15) is 0 Å². The molecule has 1 saturated heterocycles. The van der Waals surface area contributed by atoms with E-state index in [1.807, 2.05) is 7.05 Å². The lowest BCUT2D eigenvalue weighted by Gasteiger charge is -2.30. The van der Waals surface area contributed by atoms with E-state index in [0.29, 0.717) is 0 Å². The van der Waals surface area contributed by atoms with Gasteiger partial charge in [0.15, 0.2) is 0 Å². The van der Waals surface area contributed by atoms with Gasteiger partial charge >= 0.3 is 0 Å². The average Bonchev–Trinajstić information content (AvgIpc) is 2.31. The van der Waals surface area contributed by atoms with Gasteiger partial charge in [-0.3, -0.25) is 0 Å².